The van der Waals surface area contributed by atoms with Gasteiger partial charge >= 0.3 is 0 Å². The van der Waals surface area contributed by atoms with Crippen LogP contribution in [-0.2, 0) is 4.74 Å². The first-order valence-corrected chi connectivity index (χ1v) is 4.81. The maximum Gasteiger partial charge on any atom is 0.125 e. The molecule has 0 spiro atoms. The first kappa shape index (κ1) is 11.0. The standard InChI is InChI=1S/C11H16FNO/c1-14-8-3-2-7-13-11-6-4-5-10(12)9-11/h4-6,9,13H,2-3,7-8H2,1H3. The van der Waals surface area contributed by atoms with E-state index in [9.17, 15) is 4.39 Å². The highest BCUT2D eigenvalue weighted by atomic mass is 19.1. The predicted molar refractivity (Wildman–Crippen MR) is 56.0 cm³/mol. The maximum atomic E-state index is 12.7. The number of nitrogens with one attached hydrogen (secondary N) is 1. The van der Waals surface area contributed by atoms with E-state index in [1.807, 2.05) is 6.07 Å². The molecule has 0 bridgehead atoms. The fraction of sp³-hybridized carbons (Fsp3) is 0.455. The van der Waals surface area contributed by atoms with E-state index in [1.54, 1.807) is 13.2 Å². The molecule has 14 heavy (non-hydrogen) atoms. The largest absolute Gasteiger partial charge is 0.385 e. The number of unbranched alkanes of at least 4 members (excludes halogenated alkanes) is 1. The Kier molecular flexibility index (Phi) is 5.00. The molecule has 3 heteroatoms. The maximum absolute atomic E-state index is 12.7. The molecule has 0 atom stereocenters. The Morgan fingerprint density at radius 3 is 2.93 bits per heavy atom. The average Bonchev–Trinajstić information content (AvgIpc) is 2.18. The van der Waals surface area contributed by atoms with Gasteiger partial charge in [0.25, 0.3) is 0 Å². The zero-order valence-electron chi connectivity index (χ0n) is 8.42. The summed E-state index contributed by atoms with van der Waals surface area (Å²) in [6.45, 7) is 1.64. The summed E-state index contributed by atoms with van der Waals surface area (Å²) in [4.78, 5) is 0. The van der Waals surface area contributed by atoms with Crippen molar-refractivity contribution in [3.63, 3.8) is 0 Å². The third-order valence-corrected chi connectivity index (χ3v) is 1.93. The van der Waals surface area contributed by atoms with Crippen LogP contribution in [0.4, 0.5) is 10.1 Å². The number of benzene rings is 1. The Morgan fingerprint density at radius 2 is 2.21 bits per heavy atom. The van der Waals surface area contributed by atoms with Gasteiger partial charge in [0.1, 0.15) is 5.82 Å². The molecular formula is C11H16FNO. The number of hydrogen-bond acceptors (Lipinski definition) is 2. The lowest BCUT2D eigenvalue weighted by atomic mass is 10.3. The van der Waals surface area contributed by atoms with Crippen molar-refractivity contribution in [3.05, 3.63) is 30.1 Å². The fourth-order valence-corrected chi connectivity index (χ4v) is 1.20. The lowest BCUT2D eigenvalue weighted by Gasteiger charge is -2.05. The molecule has 0 aliphatic rings. The van der Waals surface area contributed by atoms with Gasteiger partial charge in [-0.05, 0) is 31.0 Å². The minimum absolute atomic E-state index is 0.202. The molecule has 0 radical (unpaired) electrons. The van der Waals surface area contributed by atoms with Crippen LogP contribution in [0.2, 0.25) is 0 Å². The van der Waals surface area contributed by atoms with Gasteiger partial charge in [0, 0.05) is 25.9 Å². The van der Waals surface area contributed by atoms with E-state index in [4.69, 9.17) is 4.74 Å². The SMILES string of the molecule is COCCCCNc1cccc(F)c1. The third kappa shape index (κ3) is 4.23. The van der Waals surface area contributed by atoms with Gasteiger partial charge in [-0.25, -0.2) is 4.39 Å². The van der Waals surface area contributed by atoms with Crippen molar-refractivity contribution in [1.29, 1.82) is 0 Å². The van der Waals surface area contributed by atoms with Gasteiger partial charge in [-0.15, -0.1) is 0 Å². The monoisotopic (exact) mass is 197 g/mol. The van der Waals surface area contributed by atoms with Crippen molar-refractivity contribution < 1.29 is 9.13 Å². The molecule has 1 rings (SSSR count). The Morgan fingerprint density at radius 1 is 1.36 bits per heavy atom. The molecule has 0 heterocycles. The van der Waals surface area contributed by atoms with Gasteiger partial charge < -0.3 is 10.1 Å². The number of rotatable bonds is 6. The zero-order valence-corrected chi connectivity index (χ0v) is 8.42. The highest BCUT2D eigenvalue weighted by Gasteiger charge is 1.93. The van der Waals surface area contributed by atoms with Crippen LogP contribution in [0.5, 0.6) is 0 Å². The normalized spacial score (nSPS) is 10.1. The molecule has 0 unspecified atom stereocenters. The summed E-state index contributed by atoms with van der Waals surface area (Å²) >= 11 is 0. The zero-order chi connectivity index (χ0) is 10.2. The van der Waals surface area contributed by atoms with Crippen LogP contribution in [0.3, 0.4) is 0 Å². The van der Waals surface area contributed by atoms with Crippen LogP contribution in [-0.4, -0.2) is 20.3 Å². The Hall–Kier alpha value is -1.09. The quantitative estimate of drug-likeness (QED) is 0.708. The number of hydrogen-bond donors (Lipinski definition) is 1. The summed E-state index contributed by atoms with van der Waals surface area (Å²) < 4.78 is 17.7. The summed E-state index contributed by atoms with van der Waals surface area (Å²) in [5.41, 5.74) is 0.836. The summed E-state index contributed by atoms with van der Waals surface area (Å²) in [5, 5.41) is 3.15. The first-order chi connectivity index (χ1) is 6.83. The molecule has 0 aromatic heterocycles. The fourth-order valence-electron chi connectivity index (χ4n) is 1.20. The summed E-state index contributed by atoms with van der Waals surface area (Å²) in [6, 6.07) is 6.50. The summed E-state index contributed by atoms with van der Waals surface area (Å²) in [6.07, 6.45) is 2.06. The Labute approximate surface area is 84.1 Å². The minimum Gasteiger partial charge on any atom is -0.385 e. The van der Waals surface area contributed by atoms with Gasteiger partial charge in [0.15, 0.2) is 0 Å². The number of ether oxygens (including phenoxy) is 1. The molecule has 2 nitrogen and oxygen atoms in total. The average molecular weight is 197 g/mol. The predicted octanol–water partition coefficient (Wildman–Crippen LogP) is 2.66. The van der Waals surface area contributed by atoms with E-state index in [-0.39, 0.29) is 5.82 Å². The van der Waals surface area contributed by atoms with E-state index in [0.717, 1.165) is 31.7 Å². The van der Waals surface area contributed by atoms with E-state index in [1.165, 1.54) is 12.1 Å². The molecule has 0 saturated heterocycles. The van der Waals surface area contributed by atoms with E-state index >= 15 is 0 Å². The Bertz CT molecular complexity index is 265. The lowest BCUT2D eigenvalue weighted by molar-refractivity contribution is 0.194. The first-order valence-electron chi connectivity index (χ1n) is 4.81. The lowest BCUT2D eigenvalue weighted by Crippen LogP contribution is -2.02. The topological polar surface area (TPSA) is 21.3 Å². The molecule has 0 fully saturated rings. The van der Waals surface area contributed by atoms with Crippen molar-refractivity contribution in [1.82, 2.24) is 0 Å². The molecule has 1 aromatic rings. The highest BCUT2D eigenvalue weighted by Crippen LogP contribution is 2.08. The molecule has 0 saturated carbocycles. The van der Waals surface area contributed by atoms with Crippen molar-refractivity contribution in [2.24, 2.45) is 0 Å². The minimum atomic E-state index is -0.202. The van der Waals surface area contributed by atoms with Gasteiger partial charge in [-0.1, -0.05) is 6.07 Å². The summed E-state index contributed by atoms with van der Waals surface area (Å²) in [7, 11) is 1.69. The van der Waals surface area contributed by atoms with E-state index in [0.29, 0.717) is 0 Å². The number of methoxy groups -OCH3 is 1. The second kappa shape index (κ2) is 6.38. The van der Waals surface area contributed by atoms with Crippen LogP contribution < -0.4 is 5.32 Å². The Balaban J connectivity index is 2.18. The van der Waals surface area contributed by atoms with Crippen LogP contribution in [0, 0.1) is 5.82 Å². The number of anilines is 1. The van der Waals surface area contributed by atoms with Crippen LogP contribution in [0.15, 0.2) is 24.3 Å². The van der Waals surface area contributed by atoms with E-state index in [2.05, 4.69) is 5.32 Å². The molecule has 78 valence electrons. The van der Waals surface area contributed by atoms with E-state index < -0.39 is 0 Å². The van der Waals surface area contributed by atoms with Crippen molar-refractivity contribution >= 4 is 5.69 Å². The third-order valence-electron chi connectivity index (χ3n) is 1.93. The molecule has 0 aliphatic heterocycles. The molecular weight excluding hydrogens is 181 g/mol. The molecule has 0 amide bonds. The molecule has 0 aliphatic carbocycles. The smallest absolute Gasteiger partial charge is 0.125 e. The van der Waals surface area contributed by atoms with Gasteiger partial charge in [0.05, 0.1) is 0 Å². The second-order valence-corrected chi connectivity index (χ2v) is 3.14. The number of halogens is 1. The van der Waals surface area contributed by atoms with Crippen LogP contribution >= 0.6 is 0 Å². The van der Waals surface area contributed by atoms with Crippen molar-refractivity contribution in [2.45, 2.75) is 12.8 Å². The van der Waals surface area contributed by atoms with Crippen LogP contribution in [0.25, 0.3) is 0 Å². The second-order valence-electron chi connectivity index (χ2n) is 3.14. The van der Waals surface area contributed by atoms with Crippen molar-refractivity contribution in [3.8, 4) is 0 Å². The molecule has 1 aromatic carbocycles. The highest BCUT2D eigenvalue weighted by molar-refractivity contribution is 5.42. The molecule has 1 N–H and O–H groups in total. The van der Waals surface area contributed by atoms with Gasteiger partial charge in [-0.2, -0.15) is 0 Å². The van der Waals surface area contributed by atoms with Crippen LogP contribution in [0.1, 0.15) is 12.8 Å². The van der Waals surface area contributed by atoms with Crippen molar-refractivity contribution in [2.75, 3.05) is 25.6 Å². The summed E-state index contributed by atoms with van der Waals surface area (Å²) in [5.74, 6) is -0.202. The van der Waals surface area contributed by atoms with Gasteiger partial charge in [-0.3, -0.25) is 0 Å². The van der Waals surface area contributed by atoms with Gasteiger partial charge in [0.2, 0.25) is 0 Å².